The van der Waals surface area contributed by atoms with E-state index in [4.69, 9.17) is 5.73 Å². The quantitative estimate of drug-likeness (QED) is 0.540. The lowest BCUT2D eigenvalue weighted by Crippen LogP contribution is -2.35. The molecule has 0 saturated heterocycles. The van der Waals surface area contributed by atoms with Gasteiger partial charge in [0.15, 0.2) is 9.84 Å². The molecular weight excluding hydrogens is 188 g/mol. The van der Waals surface area contributed by atoms with Gasteiger partial charge >= 0.3 is 0 Å². The van der Waals surface area contributed by atoms with Crippen LogP contribution in [0.25, 0.3) is 0 Å². The summed E-state index contributed by atoms with van der Waals surface area (Å²) in [4.78, 5) is 4.00. The van der Waals surface area contributed by atoms with Crippen LogP contribution in [-0.2, 0) is 9.84 Å². The van der Waals surface area contributed by atoms with Gasteiger partial charge in [-0.05, 0) is 13.8 Å². The van der Waals surface area contributed by atoms with Gasteiger partial charge in [-0.15, -0.1) is 0 Å². The van der Waals surface area contributed by atoms with Crippen molar-refractivity contribution in [2.45, 2.75) is 31.9 Å². The summed E-state index contributed by atoms with van der Waals surface area (Å²) in [6.45, 7) is 5.40. The summed E-state index contributed by atoms with van der Waals surface area (Å²) in [6.07, 6.45) is 1.87. The van der Waals surface area contributed by atoms with Crippen molar-refractivity contribution >= 4 is 15.7 Å². The fraction of sp³-hybridized carbons (Fsp3) is 0.875. The second-order valence-corrected chi connectivity index (χ2v) is 6.34. The number of rotatable bonds is 4. The highest BCUT2D eigenvalue weighted by Gasteiger charge is 2.29. The van der Waals surface area contributed by atoms with Gasteiger partial charge < -0.3 is 5.73 Å². The van der Waals surface area contributed by atoms with Crippen molar-refractivity contribution < 1.29 is 8.42 Å². The van der Waals surface area contributed by atoms with Crippen molar-refractivity contribution in [2.75, 3.05) is 12.8 Å². The second kappa shape index (κ2) is 4.09. The molecule has 2 N–H and O–H groups in total. The molecule has 0 amide bonds. The van der Waals surface area contributed by atoms with Gasteiger partial charge in [-0.3, -0.25) is 4.99 Å². The van der Waals surface area contributed by atoms with Crippen LogP contribution in [0, 0.1) is 0 Å². The molecule has 4 nitrogen and oxygen atoms in total. The highest BCUT2D eigenvalue weighted by atomic mass is 32.2. The van der Waals surface area contributed by atoms with Crippen molar-refractivity contribution in [2.24, 2.45) is 10.7 Å². The first-order valence-corrected chi connectivity index (χ1v) is 6.08. The third kappa shape index (κ3) is 3.76. The summed E-state index contributed by atoms with van der Waals surface area (Å²) in [5.41, 5.74) is 5.48. The molecule has 0 saturated carbocycles. The van der Waals surface area contributed by atoms with Gasteiger partial charge in [-0.25, -0.2) is 8.42 Å². The Labute approximate surface area is 80.2 Å². The largest absolute Gasteiger partial charge is 0.387 e. The fourth-order valence-corrected chi connectivity index (χ4v) is 0.820. The van der Waals surface area contributed by atoms with E-state index in [1.54, 1.807) is 13.8 Å². The fourth-order valence-electron chi connectivity index (χ4n) is 0.521. The van der Waals surface area contributed by atoms with Gasteiger partial charge in [-0.2, -0.15) is 0 Å². The SMILES string of the molecule is CCC(N)=NCC(C)(C)S(C)(=O)=O. The molecule has 0 aromatic carbocycles. The van der Waals surface area contributed by atoms with Crippen molar-refractivity contribution in [1.82, 2.24) is 0 Å². The van der Waals surface area contributed by atoms with Gasteiger partial charge in [0.2, 0.25) is 0 Å². The van der Waals surface area contributed by atoms with Crippen molar-refractivity contribution in [3.63, 3.8) is 0 Å². The average Bonchev–Trinajstić information content (AvgIpc) is 1.98. The molecule has 0 heterocycles. The Balaban J connectivity index is 4.55. The Morgan fingerprint density at radius 3 is 2.23 bits per heavy atom. The monoisotopic (exact) mass is 206 g/mol. The first-order chi connectivity index (χ1) is 5.70. The summed E-state index contributed by atoms with van der Waals surface area (Å²) in [5.74, 6) is 0.497. The summed E-state index contributed by atoms with van der Waals surface area (Å²) in [7, 11) is -3.07. The maximum Gasteiger partial charge on any atom is 0.154 e. The van der Waals surface area contributed by atoms with Crippen LogP contribution in [0.5, 0.6) is 0 Å². The molecule has 0 bridgehead atoms. The maximum atomic E-state index is 11.2. The van der Waals surface area contributed by atoms with Gasteiger partial charge in [0, 0.05) is 12.7 Å². The number of nitrogens with two attached hydrogens (primary N) is 1. The molecule has 5 heteroatoms. The van der Waals surface area contributed by atoms with Crippen LogP contribution in [0.4, 0.5) is 0 Å². The lowest BCUT2D eigenvalue weighted by atomic mass is 10.2. The second-order valence-electron chi connectivity index (χ2n) is 3.69. The number of aliphatic imine (C=N–C) groups is 1. The average molecular weight is 206 g/mol. The highest BCUT2D eigenvalue weighted by Crippen LogP contribution is 2.15. The summed E-state index contributed by atoms with van der Waals surface area (Å²) >= 11 is 0. The van der Waals surface area contributed by atoms with Crippen LogP contribution >= 0.6 is 0 Å². The molecule has 0 aliphatic rings. The molecule has 0 spiro atoms. The third-order valence-electron chi connectivity index (χ3n) is 2.03. The van der Waals surface area contributed by atoms with Crippen molar-refractivity contribution in [3.8, 4) is 0 Å². The van der Waals surface area contributed by atoms with Gasteiger partial charge in [0.25, 0.3) is 0 Å². The zero-order valence-electron chi connectivity index (χ0n) is 8.66. The van der Waals surface area contributed by atoms with E-state index in [9.17, 15) is 8.42 Å². The van der Waals surface area contributed by atoms with E-state index in [-0.39, 0.29) is 6.54 Å². The van der Waals surface area contributed by atoms with Crippen molar-refractivity contribution in [1.29, 1.82) is 0 Å². The first kappa shape index (κ1) is 12.4. The molecule has 0 aliphatic carbocycles. The van der Waals surface area contributed by atoms with Crippen LogP contribution < -0.4 is 5.73 Å². The summed E-state index contributed by atoms with van der Waals surface area (Å²) in [6, 6.07) is 0. The molecule has 0 fully saturated rings. The molecule has 78 valence electrons. The molecular formula is C8H18N2O2S. The minimum absolute atomic E-state index is 0.228. The smallest absolute Gasteiger partial charge is 0.154 e. The molecule has 0 atom stereocenters. The van der Waals surface area contributed by atoms with Crippen LogP contribution in [0.2, 0.25) is 0 Å². The van der Waals surface area contributed by atoms with E-state index < -0.39 is 14.6 Å². The zero-order chi connectivity index (χ0) is 10.7. The number of hydrogen-bond donors (Lipinski definition) is 1. The van der Waals surface area contributed by atoms with E-state index in [1.807, 2.05) is 6.92 Å². The Hall–Kier alpha value is -0.580. The predicted molar refractivity (Wildman–Crippen MR) is 55.7 cm³/mol. The van der Waals surface area contributed by atoms with E-state index in [2.05, 4.69) is 4.99 Å². The topological polar surface area (TPSA) is 72.5 Å². The Kier molecular flexibility index (Phi) is 3.90. The molecule has 0 aromatic heterocycles. The van der Waals surface area contributed by atoms with Crippen LogP contribution in [0.3, 0.4) is 0 Å². The summed E-state index contributed by atoms with van der Waals surface area (Å²) in [5, 5.41) is 0. The van der Waals surface area contributed by atoms with Gasteiger partial charge in [-0.1, -0.05) is 6.92 Å². The molecule has 0 aliphatic heterocycles. The highest BCUT2D eigenvalue weighted by molar-refractivity contribution is 7.92. The van der Waals surface area contributed by atoms with E-state index in [0.717, 1.165) is 0 Å². The molecule has 0 unspecified atom stereocenters. The first-order valence-electron chi connectivity index (χ1n) is 4.19. The maximum absolute atomic E-state index is 11.2. The molecule has 0 radical (unpaired) electrons. The number of amidine groups is 1. The normalized spacial score (nSPS) is 14.6. The molecule has 0 aromatic rings. The lowest BCUT2D eigenvalue weighted by molar-refractivity contribution is 0.555. The summed E-state index contributed by atoms with van der Waals surface area (Å²) < 4.78 is 21.7. The van der Waals surface area contributed by atoms with Crippen LogP contribution in [0.15, 0.2) is 4.99 Å². The van der Waals surface area contributed by atoms with Crippen LogP contribution in [0.1, 0.15) is 27.2 Å². The van der Waals surface area contributed by atoms with Crippen LogP contribution in [-0.4, -0.2) is 31.8 Å². The Bertz CT molecular complexity index is 291. The third-order valence-corrected chi connectivity index (χ3v) is 4.17. The van der Waals surface area contributed by atoms with Gasteiger partial charge in [0.1, 0.15) is 0 Å². The minimum atomic E-state index is -3.07. The Morgan fingerprint density at radius 1 is 1.46 bits per heavy atom. The van der Waals surface area contributed by atoms with Gasteiger partial charge in [0.05, 0.1) is 17.1 Å². The van der Waals surface area contributed by atoms with E-state index >= 15 is 0 Å². The predicted octanol–water partition coefficient (Wildman–Crippen LogP) is 0.577. The lowest BCUT2D eigenvalue weighted by Gasteiger charge is -2.19. The Morgan fingerprint density at radius 2 is 1.92 bits per heavy atom. The number of nitrogens with zero attached hydrogens (tertiary/aromatic N) is 1. The minimum Gasteiger partial charge on any atom is -0.387 e. The standard InChI is InChI=1S/C8H18N2O2S/c1-5-7(9)10-6-8(2,3)13(4,11)12/h5-6H2,1-4H3,(H2,9,10). The zero-order valence-corrected chi connectivity index (χ0v) is 9.48. The van der Waals surface area contributed by atoms with E-state index in [0.29, 0.717) is 12.3 Å². The molecule has 0 rings (SSSR count). The van der Waals surface area contributed by atoms with Crippen molar-refractivity contribution in [3.05, 3.63) is 0 Å². The molecule has 13 heavy (non-hydrogen) atoms. The van der Waals surface area contributed by atoms with E-state index in [1.165, 1.54) is 6.26 Å². The number of hydrogen-bond acceptors (Lipinski definition) is 3. The number of sulfone groups is 1.